The molecule has 1 fully saturated rings. The molecule has 0 aliphatic carbocycles. The van der Waals surface area contributed by atoms with E-state index in [1.165, 1.54) is 4.31 Å². The molecule has 1 saturated heterocycles. The summed E-state index contributed by atoms with van der Waals surface area (Å²) in [6.07, 6.45) is 1.95. The Balaban J connectivity index is 1.88. The summed E-state index contributed by atoms with van der Waals surface area (Å²) >= 11 is 0. The summed E-state index contributed by atoms with van der Waals surface area (Å²) in [6, 6.07) is 7.34. The van der Waals surface area contributed by atoms with E-state index in [0.29, 0.717) is 25.2 Å². The SMILES string of the molecule is CC(C)C[C@H]1N=C([C@@H]2CCCN2S(=O)(=O)c2ccccc2)NOC1=O. The fourth-order valence-corrected chi connectivity index (χ4v) is 4.88. The molecule has 1 N–H and O–H groups in total. The lowest BCUT2D eigenvalue weighted by Crippen LogP contribution is -2.50. The molecular formula is C17H23N3O4S. The number of hydrogen-bond acceptors (Lipinski definition) is 6. The van der Waals surface area contributed by atoms with Crippen molar-refractivity contribution in [1.82, 2.24) is 9.79 Å². The van der Waals surface area contributed by atoms with Gasteiger partial charge in [-0.3, -0.25) is 4.99 Å². The van der Waals surface area contributed by atoms with Crippen LogP contribution in [0.15, 0.2) is 40.2 Å². The highest BCUT2D eigenvalue weighted by molar-refractivity contribution is 7.89. The van der Waals surface area contributed by atoms with Gasteiger partial charge >= 0.3 is 5.97 Å². The minimum absolute atomic E-state index is 0.258. The Labute approximate surface area is 148 Å². The molecule has 0 amide bonds. The lowest BCUT2D eigenvalue weighted by atomic mass is 10.0. The third-order valence-corrected chi connectivity index (χ3v) is 6.31. The number of hydrogen-bond donors (Lipinski definition) is 1. The zero-order valence-corrected chi connectivity index (χ0v) is 15.2. The fourth-order valence-electron chi connectivity index (χ4n) is 3.20. The molecule has 0 unspecified atom stereocenters. The second-order valence-electron chi connectivity index (χ2n) is 6.77. The van der Waals surface area contributed by atoms with Crippen LogP contribution in [-0.4, -0.2) is 43.2 Å². The maximum absolute atomic E-state index is 12.9. The third kappa shape index (κ3) is 3.69. The first kappa shape index (κ1) is 17.9. The molecule has 0 spiro atoms. The molecule has 25 heavy (non-hydrogen) atoms. The van der Waals surface area contributed by atoms with E-state index < -0.39 is 28.1 Å². The molecule has 0 saturated carbocycles. The van der Waals surface area contributed by atoms with Gasteiger partial charge in [-0.15, -0.1) is 0 Å². The van der Waals surface area contributed by atoms with Crippen molar-refractivity contribution in [2.45, 2.75) is 50.1 Å². The van der Waals surface area contributed by atoms with Gasteiger partial charge < -0.3 is 4.84 Å². The lowest BCUT2D eigenvalue weighted by Gasteiger charge is -2.29. The Morgan fingerprint density at radius 2 is 2.04 bits per heavy atom. The Morgan fingerprint density at radius 3 is 2.72 bits per heavy atom. The molecule has 3 rings (SSSR count). The van der Waals surface area contributed by atoms with Crippen LogP contribution < -0.4 is 5.48 Å². The summed E-state index contributed by atoms with van der Waals surface area (Å²) in [7, 11) is -3.62. The van der Waals surface area contributed by atoms with Crippen LogP contribution in [0.2, 0.25) is 0 Å². The van der Waals surface area contributed by atoms with Gasteiger partial charge in [0.2, 0.25) is 10.0 Å². The highest BCUT2D eigenvalue weighted by atomic mass is 32.2. The summed E-state index contributed by atoms with van der Waals surface area (Å²) in [5.74, 6) is 0.281. The molecule has 1 aromatic carbocycles. The van der Waals surface area contributed by atoms with Crippen LogP contribution in [0.4, 0.5) is 0 Å². The maximum Gasteiger partial charge on any atom is 0.356 e. The largest absolute Gasteiger partial charge is 0.356 e. The first-order valence-electron chi connectivity index (χ1n) is 8.51. The van der Waals surface area contributed by atoms with Crippen LogP contribution in [0.25, 0.3) is 0 Å². The van der Waals surface area contributed by atoms with Gasteiger partial charge in [0.1, 0.15) is 0 Å². The molecular weight excluding hydrogens is 342 g/mol. The van der Waals surface area contributed by atoms with E-state index in [-0.39, 0.29) is 10.8 Å². The van der Waals surface area contributed by atoms with Crippen LogP contribution in [0.5, 0.6) is 0 Å². The number of benzene rings is 1. The summed E-state index contributed by atoms with van der Waals surface area (Å²) in [6.45, 7) is 4.43. The topological polar surface area (TPSA) is 88.1 Å². The van der Waals surface area contributed by atoms with Gasteiger partial charge in [0.25, 0.3) is 0 Å². The Kier molecular flexibility index (Phi) is 5.10. The minimum atomic E-state index is -3.62. The van der Waals surface area contributed by atoms with Gasteiger partial charge in [-0.1, -0.05) is 32.0 Å². The van der Waals surface area contributed by atoms with E-state index in [0.717, 1.165) is 6.42 Å². The zero-order chi connectivity index (χ0) is 18.0. The molecule has 7 nitrogen and oxygen atoms in total. The predicted molar refractivity (Wildman–Crippen MR) is 93.3 cm³/mol. The summed E-state index contributed by atoms with van der Waals surface area (Å²) in [4.78, 5) is 21.6. The molecule has 2 aliphatic rings. The van der Waals surface area contributed by atoms with Crippen LogP contribution in [0.3, 0.4) is 0 Å². The number of nitrogens with zero attached hydrogens (tertiary/aromatic N) is 2. The molecule has 2 aliphatic heterocycles. The van der Waals surface area contributed by atoms with E-state index in [1.807, 2.05) is 13.8 Å². The van der Waals surface area contributed by atoms with E-state index in [2.05, 4.69) is 10.5 Å². The second-order valence-corrected chi connectivity index (χ2v) is 8.66. The molecule has 8 heteroatoms. The van der Waals surface area contributed by atoms with Gasteiger partial charge in [0.15, 0.2) is 11.9 Å². The number of rotatable bonds is 5. The summed E-state index contributed by atoms with van der Waals surface area (Å²) in [5.41, 5.74) is 2.56. The van der Waals surface area contributed by atoms with Crippen molar-refractivity contribution >= 4 is 21.8 Å². The molecule has 0 aromatic heterocycles. The monoisotopic (exact) mass is 365 g/mol. The normalized spacial score (nSPS) is 24.8. The van der Waals surface area contributed by atoms with Gasteiger partial charge in [0, 0.05) is 6.54 Å². The zero-order valence-electron chi connectivity index (χ0n) is 14.4. The molecule has 136 valence electrons. The quantitative estimate of drug-likeness (QED) is 0.858. The van der Waals surface area contributed by atoms with Crippen LogP contribution >= 0.6 is 0 Å². The third-order valence-electron chi connectivity index (χ3n) is 4.39. The van der Waals surface area contributed by atoms with E-state index in [9.17, 15) is 13.2 Å². The summed E-state index contributed by atoms with van der Waals surface area (Å²) in [5, 5.41) is 0. The van der Waals surface area contributed by atoms with Crippen molar-refractivity contribution in [3.05, 3.63) is 30.3 Å². The molecule has 0 radical (unpaired) electrons. The Bertz CT molecular complexity index is 761. The number of carbonyl (C=O) groups is 1. The van der Waals surface area contributed by atoms with Gasteiger partial charge in [-0.25, -0.2) is 18.7 Å². The van der Waals surface area contributed by atoms with E-state index >= 15 is 0 Å². The number of sulfonamides is 1. The number of nitrogens with one attached hydrogen (secondary N) is 1. The minimum Gasteiger partial charge on any atom is -0.340 e. The fraction of sp³-hybridized carbons (Fsp3) is 0.529. The Morgan fingerprint density at radius 1 is 1.32 bits per heavy atom. The second kappa shape index (κ2) is 7.13. The first-order chi connectivity index (χ1) is 11.9. The summed E-state index contributed by atoms with van der Waals surface area (Å²) < 4.78 is 27.3. The smallest absolute Gasteiger partial charge is 0.340 e. The number of carbonyl (C=O) groups excluding carboxylic acids is 1. The lowest BCUT2D eigenvalue weighted by molar-refractivity contribution is -0.151. The van der Waals surface area contributed by atoms with E-state index in [1.54, 1.807) is 30.3 Å². The van der Waals surface area contributed by atoms with Gasteiger partial charge in [0.05, 0.1) is 10.9 Å². The van der Waals surface area contributed by atoms with E-state index in [4.69, 9.17) is 4.84 Å². The molecule has 0 bridgehead atoms. The maximum atomic E-state index is 12.9. The van der Waals surface area contributed by atoms with Crippen molar-refractivity contribution in [3.8, 4) is 0 Å². The molecule has 1 aromatic rings. The van der Waals surface area contributed by atoms with Crippen molar-refractivity contribution in [3.63, 3.8) is 0 Å². The van der Waals surface area contributed by atoms with Crippen molar-refractivity contribution < 1.29 is 18.0 Å². The Hall–Kier alpha value is -1.93. The van der Waals surface area contributed by atoms with Crippen LogP contribution in [-0.2, 0) is 19.7 Å². The number of amidine groups is 1. The van der Waals surface area contributed by atoms with Gasteiger partial charge in [-0.2, -0.15) is 4.31 Å². The number of hydroxylamine groups is 1. The molecule has 2 heterocycles. The average Bonchev–Trinajstić information content (AvgIpc) is 3.08. The van der Waals surface area contributed by atoms with Crippen molar-refractivity contribution in [2.75, 3.05) is 6.54 Å². The van der Waals surface area contributed by atoms with Crippen LogP contribution in [0, 0.1) is 5.92 Å². The molecule has 2 atom stereocenters. The predicted octanol–water partition coefficient (Wildman–Crippen LogP) is 1.71. The standard InChI is InChI=1S/C17H23N3O4S/c1-12(2)11-14-17(21)24-19-16(18-14)15-9-6-10-20(15)25(22,23)13-7-4-3-5-8-13/h3-5,7-8,12,14-15H,6,9-11H2,1-2H3,(H,18,19)/t14-,15+/m1/s1. The highest BCUT2D eigenvalue weighted by Crippen LogP contribution is 2.27. The highest BCUT2D eigenvalue weighted by Gasteiger charge is 2.40. The number of aliphatic imine (C=N–C) groups is 1. The first-order valence-corrected chi connectivity index (χ1v) is 9.95. The van der Waals surface area contributed by atoms with Crippen LogP contribution in [0.1, 0.15) is 33.1 Å². The average molecular weight is 365 g/mol. The van der Waals surface area contributed by atoms with Gasteiger partial charge in [-0.05, 0) is 37.3 Å². The van der Waals surface area contributed by atoms with Crippen molar-refractivity contribution in [1.29, 1.82) is 0 Å². The van der Waals surface area contributed by atoms with Crippen molar-refractivity contribution in [2.24, 2.45) is 10.9 Å².